The van der Waals surface area contributed by atoms with Gasteiger partial charge < -0.3 is 9.80 Å². The lowest BCUT2D eigenvalue weighted by molar-refractivity contribution is -0.138. The molecule has 140 valence electrons. The Morgan fingerprint density at radius 1 is 1.31 bits per heavy atom. The number of carbonyl (C=O) groups is 2. The van der Waals surface area contributed by atoms with Crippen LogP contribution in [0.3, 0.4) is 0 Å². The first-order valence-electron chi connectivity index (χ1n) is 9.92. The van der Waals surface area contributed by atoms with Gasteiger partial charge in [0.25, 0.3) is 5.91 Å². The van der Waals surface area contributed by atoms with Gasteiger partial charge in [0.15, 0.2) is 0 Å². The van der Waals surface area contributed by atoms with Gasteiger partial charge in [0.05, 0.1) is 11.3 Å². The van der Waals surface area contributed by atoms with Crippen LogP contribution < -0.4 is 0 Å². The molecule has 26 heavy (non-hydrogen) atoms. The smallest absolute Gasteiger partial charge is 0.257 e. The van der Waals surface area contributed by atoms with Gasteiger partial charge in [0, 0.05) is 50.1 Å². The molecule has 1 aliphatic carbocycles. The fraction of sp³-hybridized carbons (Fsp3) is 0.700. The van der Waals surface area contributed by atoms with Gasteiger partial charge in [-0.05, 0) is 46.0 Å². The second kappa shape index (κ2) is 6.63. The summed E-state index contributed by atoms with van der Waals surface area (Å²) in [6, 6.07) is 0. The number of aromatic nitrogens is 2. The molecule has 0 unspecified atom stereocenters. The molecule has 1 saturated carbocycles. The number of carbonyl (C=O) groups excluding carboxylic acids is 2. The highest BCUT2D eigenvalue weighted by Gasteiger charge is 2.42. The molecule has 2 aliphatic heterocycles. The number of aryl methyl sites for hydroxylation is 1. The molecule has 0 radical (unpaired) electrons. The number of hydrogen-bond acceptors (Lipinski definition) is 4. The summed E-state index contributed by atoms with van der Waals surface area (Å²) in [5.41, 5.74) is 1.48. The van der Waals surface area contributed by atoms with Crippen LogP contribution in [-0.2, 0) is 4.79 Å². The number of amides is 2. The summed E-state index contributed by atoms with van der Waals surface area (Å²) in [5.74, 6) is 1.68. The molecule has 3 aliphatic rings. The molecule has 6 heteroatoms. The molecule has 1 aromatic rings. The van der Waals surface area contributed by atoms with Crippen LogP contribution in [0.15, 0.2) is 6.20 Å². The average Bonchev–Trinajstić information content (AvgIpc) is 3.49. The van der Waals surface area contributed by atoms with Crippen LogP contribution in [0.1, 0.15) is 73.2 Å². The van der Waals surface area contributed by atoms with Crippen LogP contribution in [0.25, 0.3) is 0 Å². The molecule has 6 nitrogen and oxygen atoms in total. The quantitative estimate of drug-likeness (QED) is 0.835. The van der Waals surface area contributed by atoms with Crippen LogP contribution in [-0.4, -0.2) is 57.8 Å². The fourth-order valence-corrected chi connectivity index (χ4v) is 4.51. The highest BCUT2D eigenvalue weighted by Crippen LogP contribution is 2.40. The third-order valence-electron chi connectivity index (χ3n) is 6.25. The Hall–Kier alpha value is -1.98. The van der Waals surface area contributed by atoms with Crippen molar-refractivity contribution in [3.8, 4) is 0 Å². The lowest BCUT2D eigenvalue weighted by Crippen LogP contribution is -2.55. The lowest BCUT2D eigenvalue weighted by Gasteiger charge is -2.48. The summed E-state index contributed by atoms with van der Waals surface area (Å²) in [4.78, 5) is 38.1. The minimum Gasteiger partial charge on any atom is -0.342 e. The summed E-state index contributed by atoms with van der Waals surface area (Å²) in [6.45, 7) is 7.00. The van der Waals surface area contributed by atoms with E-state index in [0.29, 0.717) is 17.9 Å². The molecule has 4 rings (SSSR count). The Morgan fingerprint density at radius 2 is 2.12 bits per heavy atom. The molecule has 0 N–H and O–H groups in total. The van der Waals surface area contributed by atoms with Gasteiger partial charge in [-0.3, -0.25) is 9.59 Å². The van der Waals surface area contributed by atoms with Crippen LogP contribution in [0.5, 0.6) is 0 Å². The fourth-order valence-electron chi connectivity index (χ4n) is 4.51. The molecule has 0 bridgehead atoms. The van der Waals surface area contributed by atoms with E-state index in [1.54, 1.807) is 6.20 Å². The zero-order valence-electron chi connectivity index (χ0n) is 15.8. The zero-order chi connectivity index (χ0) is 18.3. The highest BCUT2D eigenvalue weighted by molar-refractivity contribution is 5.95. The molecule has 3 fully saturated rings. The van der Waals surface area contributed by atoms with Crippen LogP contribution >= 0.6 is 0 Å². The van der Waals surface area contributed by atoms with Gasteiger partial charge in [-0.15, -0.1) is 0 Å². The molecule has 2 saturated heterocycles. The van der Waals surface area contributed by atoms with Gasteiger partial charge in [0.1, 0.15) is 5.82 Å². The Kier molecular flexibility index (Phi) is 4.45. The van der Waals surface area contributed by atoms with E-state index >= 15 is 0 Å². The van der Waals surface area contributed by atoms with Crippen LogP contribution in [0.4, 0.5) is 0 Å². The predicted molar refractivity (Wildman–Crippen MR) is 97.8 cm³/mol. The monoisotopic (exact) mass is 356 g/mol. The summed E-state index contributed by atoms with van der Waals surface area (Å²) in [7, 11) is 0. The summed E-state index contributed by atoms with van der Waals surface area (Å²) in [5, 5.41) is 0. The topological polar surface area (TPSA) is 66.4 Å². The second-order valence-electron chi connectivity index (χ2n) is 8.24. The first-order chi connectivity index (χ1) is 12.5. The lowest BCUT2D eigenvalue weighted by atomic mass is 9.73. The maximum atomic E-state index is 13.1. The molecular formula is C20H28N4O2. The number of rotatable bonds is 3. The summed E-state index contributed by atoms with van der Waals surface area (Å²) in [6.07, 6.45) is 7.63. The van der Waals surface area contributed by atoms with Crippen molar-refractivity contribution in [2.45, 2.75) is 58.3 Å². The number of likely N-dealkylation sites (tertiary alicyclic amines) is 2. The molecule has 1 atom stereocenters. The van der Waals surface area contributed by atoms with Crippen molar-refractivity contribution in [2.75, 3.05) is 26.2 Å². The molecular weight excluding hydrogens is 328 g/mol. The van der Waals surface area contributed by atoms with E-state index in [4.69, 9.17) is 0 Å². The van der Waals surface area contributed by atoms with Crippen molar-refractivity contribution in [3.05, 3.63) is 23.3 Å². The van der Waals surface area contributed by atoms with E-state index in [-0.39, 0.29) is 17.2 Å². The minimum atomic E-state index is 0.0453. The van der Waals surface area contributed by atoms with Crippen LogP contribution in [0.2, 0.25) is 0 Å². The van der Waals surface area contributed by atoms with Gasteiger partial charge in [0.2, 0.25) is 5.91 Å². The molecule has 3 heterocycles. The predicted octanol–water partition coefficient (Wildman–Crippen LogP) is 2.53. The largest absolute Gasteiger partial charge is 0.342 e. The van der Waals surface area contributed by atoms with E-state index in [2.05, 4.69) is 9.97 Å². The van der Waals surface area contributed by atoms with E-state index in [1.807, 2.05) is 23.6 Å². The molecule has 0 aromatic carbocycles. The maximum Gasteiger partial charge on any atom is 0.257 e. The van der Waals surface area contributed by atoms with E-state index in [9.17, 15) is 9.59 Å². The number of hydrogen-bond donors (Lipinski definition) is 0. The molecule has 1 spiro atoms. The highest BCUT2D eigenvalue weighted by atomic mass is 16.2. The number of piperidine rings is 2. The zero-order valence-corrected chi connectivity index (χ0v) is 15.8. The van der Waals surface area contributed by atoms with Gasteiger partial charge in [-0.2, -0.15) is 0 Å². The van der Waals surface area contributed by atoms with Crippen molar-refractivity contribution >= 4 is 11.8 Å². The van der Waals surface area contributed by atoms with Gasteiger partial charge in [-0.1, -0.05) is 0 Å². The van der Waals surface area contributed by atoms with Crippen molar-refractivity contribution in [1.29, 1.82) is 0 Å². The number of nitrogens with zero attached hydrogens (tertiary/aromatic N) is 4. The van der Waals surface area contributed by atoms with Crippen molar-refractivity contribution in [3.63, 3.8) is 0 Å². The Labute approximate surface area is 155 Å². The average molecular weight is 356 g/mol. The SMILES string of the molecule is CCN1C[C@]2(CCCN(C(=O)c3cnc(C4CC4)nc3C)C2)CCC1=O. The van der Waals surface area contributed by atoms with Crippen molar-refractivity contribution in [1.82, 2.24) is 19.8 Å². The Bertz CT molecular complexity index is 731. The standard InChI is InChI=1S/C20H28N4O2/c1-3-23-12-20(9-7-17(23)25)8-4-10-24(13-20)19(26)16-11-21-18(15-5-6-15)22-14(16)2/h11,15H,3-10,12-13H2,1-2H3/t20-/m0/s1. The third-order valence-corrected chi connectivity index (χ3v) is 6.25. The Balaban J connectivity index is 1.50. The Morgan fingerprint density at radius 3 is 2.81 bits per heavy atom. The minimum absolute atomic E-state index is 0.0453. The first-order valence-corrected chi connectivity index (χ1v) is 9.92. The van der Waals surface area contributed by atoms with Gasteiger partial charge >= 0.3 is 0 Å². The van der Waals surface area contributed by atoms with Gasteiger partial charge in [-0.25, -0.2) is 9.97 Å². The van der Waals surface area contributed by atoms with Crippen molar-refractivity contribution in [2.24, 2.45) is 5.41 Å². The first kappa shape index (κ1) is 17.4. The third kappa shape index (κ3) is 3.21. The summed E-state index contributed by atoms with van der Waals surface area (Å²) < 4.78 is 0. The molecule has 1 aromatic heterocycles. The molecule has 2 amide bonds. The van der Waals surface area contributed by atoms with E-state index in [1.165, 1.54) is 0 Å². The summed E-state index contributed by atoms with van der Waals surface area (Å²) >= 11 is 0. The second-order valence-corrected chi connectivity index (χ2v) is 8.24. The van der Waals surface area contributed by atoms with E-state index < -0.39 is 0 Å². The van der Waals surface area contributed by atoms with Crippen molar-refractivity contribution < 1.29 is 9.59 Å². The normalized spacial score (nSPS) is 26.5. The van der Waals surface area contributed by atoms with E-state index in [0.717, 1.165) is 69.8 Å². The van der Waals surface area contributed by atoms with Crippen LogP contribution in [0, 0.1) is 12.3 Å². The maximum absolute atomic E-state index is 13.1.